The lowest BCUT2D eigenvalue weighted by Gasteiger charge is -2.38. The monoisotopic (exact) mass is 267 g/mol. The molecule has 0 spiro atoms. The first-order valence-electron chi connectivity index (χ1n) is 7.36. The van der Waals surface area contributed by atoms with E-state index in [1.165, 1.54) is 0 Å². The summed E-state index contributed by atoms with van der Waals surface area (Å²) < 4.78 is 0. The van der Waals surface area contributed by atoms with Crippen molar-refractivity contribution >= 4 is 11.8 Å². The fourth-order valence-electron chi connectivity index (χ4n) is 3.06. The fourth-order valence-corrected chi connectivity index (χ4v) is 3.06. The first-order valence-corrected chi connectivity index (χ1v) is 7.36. The summed E-state index contributed by atoms with van der Waals surface area (Å²) in [4.78, 5) is 24.2. The third kappa shape index (κ3) is 3.08. The Morgan fingerprint density at radius 2 is 2.11 bits per heavy atom. The van der Waals surface area contributed by atoms with Gasteiger partial charge in [-0.3, -0.25) is 9.59 Å². The third-order valence-corrected chi connectivity index (χ3v) is 4.69. The molecule has 2 amide bonds. The normalized spacial score (nSPS) is 35.6. The van der Waals surface area contributed by atoms with Crippen LogP contribution < -0.4 is 16.4 Å². The van der Waals surface area contributed by atoms with Gasteiger partial charge >= 0.3 is 0 Å². The molecule has 0 aromatic carbocycles. The molecule has 2 aliphatic rings. The predicted octanol–water partition coefficient (Wildman–Crippen LogP) is 0.536. The SMILES string of the molecule is CC1CCC(CN)(C(=O)NC2CCCNC2=O)CC1. The topological polar surface area (TPSA) is 84.2 Å². The maximum atomic E-state index is 12.5. The van der Waals surface area contributed by atoms with E-state index in [1.54, 1.807) is 0 Å². The number of nitrogens with two attached hydrogens (primary N) is 1. The fraction of sp³-hybridized carbons (Fsp3) is 0.857. The van der Waals surface area contributed by atoms with Gasteiger partial charge in [0.2, 0.25) is 11.8 Å². The smallest absolute Gasteiger partial charge is 0.242 e. The van der Waals surface area contributed by atoms with Gasteiger partial charge in [0.05, 0.1) is 5.41 Å². The third-order valence-electron chi connectivity index (χ3n) is 4.69. The van der Waals surface area contributed by atoms with Crippen LogP contribution in [0.3, 0.4) is 0 Å². The molecule has 0 bridgehead atoms. The number of nitrogens with one attached hydrogen (secondary N) is 2. The van der Waals surface area contributed by atoms with Crippen LogP contribution in [0.2, 0.25) is 0 Å². The Balaban J connectivity index is 1.98. The molecule has 1 aliphatic heterocycles. The van der Waals surface area contributed by atoms with E-state index in [-0.39, 0.29) is 17.9 Å². The van der Waals surface area contributed by atoms with Crippen molar-refractivity contribution in [3.8, 4) is 0 Å². The molecule has 5 nitrogen and oxygen atoms in total. The van der Waals surface area contributed by atoms with Gasteiger partial charge < -0.3 is 16.4 Å². The summed E-state index contributed by atoms with van der Waals surface area (Å²) in [7, 11) is 0. The lowest BCUT2D eigenvalue weighted by atomic mass is 9.70. The average molecular weight is 267 g/mol. The minimum absolute atomic E-state index is 0.0241. The number of amides is 2. The van der Waals surface area contributed by atoms with Crippen molar-refractivity contribution in [3.63, 3.8) is 0 Å². The highest BCUT2D eigenvalue weighted by atomic mass is 16.2. The maximum absolute atomic E-state index is 12.5. The maximum Gasteiger partial charge on any atom is 0.242 e. The number of carbonyl (C=O) groups is 2. The van der Waals surface area contributed by atoms with Gasteiger partial charge in [-0.15, -0.1) is 0 Å². The molecule has 2 rings (SSSR count). The van der Waals surface area contributed by atoms with Gasteiger partial charge in [-0.25, -0.2) is 0 Å². The van der Waals surface area contributed by atoms with Crippen LogP contribution in [0, 0.1) is 11.3 Å². The van der Waals surface area contributed by atoms with Crippen molar-refractivity contribution in [2.75, 3.05) is 13.1 Å². The van der Waals surface area contributed by atoms with Gasteiger partial charge in [0, 0.05) is 13.1 Å². The van der Waals surface area contributed by atoms with Crippen molar-refractivity contribution in [1.82, 2.24) is 10.6 Å². The van der Waals surface area contributed by atoms with E-state index < -0.39 is 5.41 Å². The number of carbonyl (C=O) groups excluding carboxylic acids is 2. The molecule has 19 heavy (non-hydrogen) atoms. The molecule has 0 aromatic rings. The number of hydrogen-bond acceptors (Lipinski definition) is 3. The van der Waals surface area contributed by atoms with Crippen molar-refractivity contribution in [2.24, 2.45) is 17.1 Å². The van der Waals surface area contributed by atoms with Gasteiger partial charge in [-0.1, -0.05) is 6.92 Å². The molecule has 0 aromatic heterocycles. The first-order chi connectivity index (χ1) is 9.07. The Kier molecular flexibility index (Phi) is 4.45. The second-order valence-corrected chi connectivity index (χ2v) is 6.13. The second kappa shape index (κ2) is 5.90. The molecule has 1 aliphatic carbocycles. The van der Waals surface area contributed by atoms with E-state index in [0.717, 1.165) is 38.5 Å². The molecule has 1 saturated carbocycles. The lowest BCUT2D eigenvalue weighted by Crippen LogP contribution is -2.56. The number of hydrogen-bond donors (Lipinski definition) is 3. The minimum atomic E-state index is -0.454. The summed E-state index contributed by atoms with van der Waals surface area (Å²) in [6.07, 6.45) is 5.41. The summed E-state index contributed by atoms with van der Waals surface area (Å²) >= 11 is 0. The van der Waals surface area contributed by atoms with Gasteiger partial charge in [0.25, 0.3) is 0 Å². The van der Waals surface area contributed by atoms with Crippen LogP contribution >= 0.6 is 0 Å². The number of rotatable bonds is 3. The molecule has 108 valence electrons. The van der Waals surface area contributed by atoms with Crippen molar-refractivity contribution in [3.05, 3.63) is 0 Å². The van der Waals surface area contributed by atoms with Crippen molar-refractivity contribution in [2.45, 2.75) is 51.5 Å². The van der Waals surface area contributed by atoms with Crippen molar-refractivity contribution in [1.29, 1.82) is 0 Å². The van der Waals surface area contributed by atoms with Crippen LogP contribution in [0.1, 0.15) is 45.4 Å². The molecule has 0 radical (unpaired) electrons. The highest BCUT2D eigenvalue weighted by Crippen LogP contribution is 2.38. The highest BCUT2D eigenvalue weighted by Gasteiger charge is 2.41. The Morgan fingerprint density at radius 3 is 2.68 bits per heavy atom. The van der Waals surface area contributed by atoms with Gasteiger partial charge in [-0.2, -0.15) is 0 Å². The van der Waals surface area contributed by atoms with E-state index in [0.29, 0.717) is 19.0 Å². The second-order valence-electron chi connectivity index (χ2n) is 6.13. The molecule has 1 atom stereocenters. The Morgan fingerprint density at radius 1 is 1.42 bits per heavy atom. The minimum Gasteiger partial charge on any atom is -0.354 e. The van der Waals surface area contributed by atoms with Crippen LogP contribution in [0.25, 0.3) is 0 Å². The van der Waals surface area contributed by atoms with Crippen LogP contribution in [0.15, 0.2) is 0 Å². The molecular formula is C14H25N3O2. The van der Waals surface area contributed by atoms with Crippen molar-refractivity contribution < 1.29 is 9.59 Å². The zero-order valence-electron chi connectivity index (χ0n) is 11.7. The van der Waals surface area contributed by atoms with Gasteiger partial charge in [0.1, 0.15) is 6.04 Å². The van der Waals surface area contributed by atoms with Gasteiger partial charge in [-0.05, 0) is 44.4 Å². The summed E-state index contributed by atoms with van der Waals surface area (Å²) in [6.45, 7) is 3.30. The van der Waals surface area contributed by atoms with Gasteiger partial charge in [0.15, 0.2) is 0 Å². The quantitative estimate of drug-likeness (QED) is 0.697. The predicted molar refractivity (Wildman–Crippen MR) is 73.3 cm³/mol. The standard InChI is InChI=1S/C14H25N3O2/c1-10-4-6-14(9-15,7-5-10)13(19)17-11-3-2-8-16-12(11)18/h10-11H,2-9,15H2,1H3,(H,16,18)(H,17,19). The van der Waals surface area contributed by atoms with E-state index >= 15 is 0 Å². The molecule has 1 saturated heterocycles. The van der Waals surface area contributed by atoms with E-state index in [4.69, 9.17) is 5.73 Å². The average Bonchev–Trinajstić information content (AvgIpc) is 2.42. The van der Waals surface area contributed by atoms with E-state index in [2.05, 4.69) is 17.6 Å². The Bertz CT molecular complexity index is 349. The zero-order chi connectivity index (χ0) is 13.9. The summed E-state index contributed by atoms with van der Waals surface area (Å²) in [5.74, 6) is 0.588. The largest absolute Gasteiger partial charge is 0.354 e. The molecule has 5 heteroatoms. The molecule has 4 N–H and O–H groups in total. The molecule has 1 unspecified atom stereocenters. The summed E-state index contributed by atoms with van der Waals surface area (Å²) in [5, 5.41) is 5.71. The van der Waals surface area contributed by atoms with Crippen LogP contribution in [-0.4, -0.2) is 30.9 Å². The highest BCUT2D eigenvalue weighted by molar-refractivity contribution is 5.90. The van der Waals surface area contributed by atoms with Crippen LogP contribution in [0.5, 0.6) is 0 Å². The first kappa shape index (κ1) is 14.3. The Hall–Kier alpha value is -1.10. The molecule has 2 fully saturated rings. The molecule has 1 heterocycles. The lowest BCUT2D eigenvalue weighted by molar-refractivity contribution is -0.137. The van der Waals surface area contributed by atoms with Crippen LogP contribution in [0.4, 0.5) is 0 Å². The van der Waals surface area contributed by atoms with Crippen LogP contribution in [-0.2, 0) is 9.59 Å². The van der Waals surface area contributed by atoms with E-state index in [1.807, 2.05) is 0 Å². The molecular weight excluding hydrogens is 242 g/mol. The summed E-state index contributed by atoms with van der Waals surface area (Å²) in [5.41, 5.74) is 5.41. The zero-order valence-corrected chi connectivity index (χ0v) is 11.7. The Labute approximate surface area is 114 Å². The summed E-state index contributed by atoms with van der Waals surface area (Å²) in [6, 6.07) is -0.371. The number of piperidine rings is 1. The van der Waals surface area contributed by atoms with E-state index in [9.17, 15) is 9.59 Å².